The number of hydrogen-bond acceptors (Lipinski definition) is 6. The van der Waals surface area contributed by atoms with Gasteiger partial charge >= 0.3 is 0 Å². The van der Waals surface area contributed by atoms with Gasteiger partial charge in [-0.25, -0.2) is 8.42 Å². The number of H-pyrrole nitrogens is 1. The molecular weight excluding hydrogens is 434 g/mol. The summed E-state index contributed by atoms with van der Waals surface area (Å²) in [5.74, 6) is 0.375. The SMILES string of the molecule is CCN(CC)S(=O)(=O)c1ccc2[nH]c(=O)cc(C(=O)Nc3cc(OC)cc(OC)c3)c2c1. The number of rotatable bonds is 8. The van der Waals surface area contributed by atoms with E-state index in [-0.39, 0.29) is 10.5 Å². The lowest BCUT2D eigenvalue weighted by atomic mass is 10.1. The predicted molar refractivity (Wildman–Crippen MR) is 122 cm³/mol. The molecule has 0 aliphatic heterocycles. The molecule has 2 N–H and O–H groups in total. The maximum absolute atomic E-state index is 13.1. The van der Waals surface area contributed by atoms with Crippen LogP contribution in [0.5, 0.6) is 11.5 Å². The lowest BCUT2D eigenvalue weighted by molar-refractivity contribution is 0.102. The molecule has 9 nitrogen and oxygen atoms in total. The van der Waals surface area contributed by atoms with Crippen molar-refractivity contribution in [2.24, 2.45) is 0 Å². The zero-order valence-corrected chi connectivity index (χ0v) is 19.1. The van der Waals surface area contributed by atoms with Crippen molar-refractivity contribution < 1.29 is 22.7 Å². The Balaban J connectivity index is 2.10. The number of nitrogens with one attached hydrogen (secondary N) is 2. The van der Waals surface area contributed by atoms with Crippen LogP contribution in [0.2, 0.25) is 0 Å². The van der Waals surface area contributed by atoms with Crippen molar-refractivity contribution in [2.45, 2.75) is 18.7 Å². The number of sulfonamides is 1. The molecule has 0 saturated carbocycles. The number of nitrogens with zero attached hydrogens (tertiary/aromatic N) is 1. The molecule has 1 amide bonds. The zero-order valence-electron chi connectivity index (χ0n) is 18.3. The van der Waals surface area contributed by atoms with Crippen LogP contribution in [-0.2, 0) is 10.0 Å². The molecule has 0 saturated heterocycles. The second kappa shape index (κ2) is 9.41. The summed E-state index contributed by atoms with van der Waals surface area (Å²) in [7, 11) is -0.768. The van der Waals surface area contributed by atoms with E-state index < -0.39 is 21.5 Å². The van der Waals surface area contributed by atoms with Gasteiger partial charge in [0.25, 0.3) is 5.91 Å². The number of pyridine rings is 1. The largest absolute Gasteiger partial charge is 0.497 e. The third kappa shape index (κ3) is 4.61. The Morgan fingerprint density at radius 3 is 2.19 bits per heavy atom. The van der Waals surface area contributed by atoms with Crippen molar-refractivity contribution >= 4 is 32.5 Å². The average Bonchev–Trinajstić information content (AvgIpc) is 2.78. The van der Waals surface area contributed by atoms with Crippen LogP contribution in [0.1, 0.15) is 24.2 Å². The molecule has 0 unspecified atom stereocenters. The lowest BCUT2D eigenvalue weighted by Gasteiger charge is -2.19. The molecule has 0 fully saturated rings. The van der Waals surface area contributed by atoms with Gasteiger partial charge in [0.1, 0.15) is 11.5 Å². The van der Waals surface area contributed by atoms with Crippen LogP contribution in [0.15, 0.2) is 52.2 Å². The van der Waals surface area contributed by atoms with Crippen molar-refractivity contribution in [3.05, 3.63) is 58.4 Å². The topological polar surface area (TPSA) is 118 Å². The van der Waals surface area contributed by atoms with Gasteiger partial charge in [0, 0.05) is 53.9 Å². The first kappa shape index (κ1) is 23.3. The van der Waals surface area contributed by atoms with Gasteiger partial charge in [-0.1, -0.05) is 13.8 Å². The van der Waals surface area contributed by atoms with Crippen LogP contribution >= 0.6 is 0 Å². The standard InChI is InChI=1S/C22H25N3O6S/c1-5-25(6-2)32(28,29)17-7-8-20-18(12-17)19(13-21(26)24-20)22(27)23-14-9-15(30-3)11-16(10-14)31-4/h7-13H,5-6H2,1-4H3,(H,23,27)(H,24,26). The maximum atomic E-state index is 13.1. The number of aromatic amines is 1. The Hall–Kier alpha value is -3.37. The third-order valence-electron chi connectivity index (χ3n) is 5.01. The highest BCUT2D eigenvalue weighted by Gasteiger charge is 2.23. The van der Waals surface area contributed by atoms with E-state index in [9.17, 15) is 18.0 Å². The molecule has 0 spiro atoms. The number of methoxy groups -OCH3 is 2. The smallest absolute Gasteiger partial charge is 0.256 e. The van der Waals surface area contributed by atoms with Gasteiger partial charge in [-0.3, -0.25) is 9.59 Å². The molecule has 3 rings (SSSR count). The highest BCUT2D eigenvalue weighted by molar-refractivity contribution is 7.89. The van der Waals surface area contributed by atoms with E-state index in [1.165, 1.54) is 36.7 Å². The Bertz CT molecular complexity index is 1290. The Labute approximate surface area is 186 Å². The van der Waals surface area contributed by atoms with Gasteiger partial charge in [-0.05, 0) is 18.2 Å². The number of fused-ring (bicyclic) bond motifs is 1. The number of anilines is 1. The summed E-state index contributed by atoms with van der Waals surface area (Å²) in [6.45, 7) is 4.13. The fraction of sp³-hybridized carbons (Fsp3) is 0.273. The first-order valence-electron chi connectivity index (χ1n) is 9.95. The fourth-order valence-corrected chi connectivity index (χ4v) is 4.86. The van der Waals surface area contributed by atoms with E-state index in [1.807, 2.05) is 0 Å². The summed E-state index contributed by atoms with van der Waals surface area (Å²) in [5, 5.41) is 3.03. The second-order valence-electron chi connectivity index (χ2n) is 6.90. The van der Waals surface area contributed by atoms with Gasteiger partial charge in [0.05, 0.1) is 24.7 Å². The van der Waals surface area contributed by atoms with E-state index in [1.54, 1.807) is 32.0 Å². The molecular formula is C22H25N3O6S. The van der Waals surface area contributed by atoms with Crippen molar-refractivity contribution in [2.75, 3.05) is 32.6 Å². The average molecular weight is 460 g/mol. The number of benzene rings is 2. The number of carbonyl (C=O) groups is 1. The minimum absolute atomic E-state index is 0.0397. The molecule has 3 aromatic rings. The van der Waals surface area contributed by atoms with Gasteiger partial charge in [-0.2, -0.15) is 4.31 Å². The first-order chi connectivity index (χ1) is 15.2. The quantitative estimate of drug-likeness (QED) is 0.535. The summed E-state index contributed by atoms with van der Waals surface area (Å²) >= 11 is 0. The van der Waals surface area contributed by atoms with Crippen LogP contribution in [-0.4, -0.2) is 50.9 Å². The first-order valence-corrected chi connectivity index (χ1v) is 11.4. The number of ether oxygens (including phenoxy) is 2. The summed E-state index contributed by atoms with van der Waals surface area (Å²) < 4.78 is 37.6. The molecule has 0 radical (unpaired) electrons. The van der Waals surface area contributed by atoms with Gasteiger partial charge in [0.15, 0.2) is 0 Å². The molecule has 170 valence electrons. The van der Waals surface area contributed by atoms with E-state index in [0.29, 0.717) is 41.2 Å². The molecule has 10 heteroatoms. The molecule has 0 aliphatic rings. The van der Waals surface area contributed by atoms with E-state index >= 15 is 0 Å². The van der Waals surface area contributed by atoms with E-state index in [4.69, 9.17) is 9.47 Å². The van der Waals surface area contributed by atoms with Crippen molar-refractivity contribution in [1.82, 2.24) is 9.29 Å². The molecule has 1 aromatic heterocycles. The Kier molecular flexibility index (Phi) is 6.85. The van der Waals surface area contributed by atoms with E-state index in [0.717, 1.165) is 6.07 Å². The number of amides is 1. The molecule has 1 heterocycles. The number of carbonyl (C=O) groups excluding carboxylic acids is 1. The highest BCUT2D eigenvalue weighted by Crippen LogP contribution is 2.27. The minimum atomic E-state index is -3.75. The Morgan fingerprint density at radius 2 is 1.62 bits per heavy atom. The second-order valence-corrected chi connectivity index (χ2v) is 8.84. The summed E-state index contributed by atoms with van der Waals surface area (Å²) in [6.07, 6.45) is 0. The summed E-state index contributed by atoms with van der Waals surface area (Å²) in [4.78, 5) is 27.9. The van der Waals surface area contributed by atoms with Crippen LogP contribution in [0, 0.1) is 0 Å². The Morgan fingerprint density at radius 1 is 1.00 bits per heavy atom. The molecule has 0 atom stereocenters. The maximum Gasteiger partial charge on any atom is 0.256 e. The van der Waals surface area contributed by atoms with Gasteiger partial charge in [-0.15, -0.1) is 0 Å². The predicted octanol–water partition coefficient (Wildman–Crippen LogP) is 2.83. The van der Waals surface area contributed by atoms with Crippen LogP contribution < -0.4 is 20.3 Å². The third-order valence-corrected chi connectivity index (χ3v) is 7.06. The minimum Gasteiger partial charge on any atom is -0.497 e. The highest BCUT2D eigenvalue weighted by atomic mass is 32.2. The molecule has 0 aliphatic carbocycles. The van der Waals surface area contributed by atoms with Gasteiger partial charge < -0.3 is 19.8 Å². The van der Waals surface area contributed by atoms with Crippen molar-refractivity contribution in [3.8, 4) is 11.5 Å². The van der Waals surface area contributed by atoms with Crippen LogP contribution in [0.3, 0.4) is 0 Å². The number of hydrogen-bond donors (Lipinski definition) is 2. The molecule has 2 aromatic carbocycles. The van der Waals surface area contributed by atoms with Crippen molar-refractivity contribution in [3.63, 3.8) is 0 Å². The van der Waals surface area contributed by atoms with Crippen molar-refractivity contribution in [1.29, 1.82) is 0 Å². The zero-order chi connectivity index (χ0) is 23.5. The van der Waals surface area contributed by atoms with Crippen LogP contribution in [0.4, 0.5) is 5.69 Å². The summed E-state index contributed by atoms with van der Waals surface area (Å²) in [6, 6.07) is 10.3. The monoisotopic (exact) mass is 459 g/mol. The molecule has 32 heavy (non-hydrogen) atoms. The van der Waals surface area contributed by atoms with Gasteiger partial charge in [0.2, 0.25) is 15.6 Å². The summed E-state index contributed by atoms with van der Waals surface area (Å²) in [5.41, 5.74) is 0.309. The molecule has 0 bridgehead atoms. The van der Waals surface area contributed by atoms with E-state index in [2.05, 4.69) is 10.3 Å². The van der Waals surface area contributed by atoms with Crippen LogP contribution in [0.25, 0.3) is 10.9 Å². The number of aromatic nitrogens is 1. The fourth-order valence-electron chi connectivity index (χ4n) is 3.37. The lowest BCUT2D eigenvalue weighted by Crippen LogP contribution is -2.30. The normalized spacial score (nSPS) is 11.5.